The molecule has 0 saturated carbocycles. The topological polar surface area (TPSA) is 35.5 Å². The van der Waals surface area contributed by atoms with E-state index in [1.807, 2.05) is 0 Å². The minimum Gasteiger partial charge on any atom is -0.493 e. The van der Waals surface area contributed by atoms with Crippen LogP contribution in [-0.4, -0.2) is 25.6 Å². The Labute approximate surface area is 107 Å². The van der Waals surface area contributed by atoms with Crippen molar-refractivity contribution in [1.29, 1.82) is 0 Å². The van der Waals surface area contributed by atoms with Crippen molar-refractivity contribution < 1.29 is 14.3 Å². The molecular formula is C15H18O3. The minimum absolute atomic E-state index is 0.100. The first-order valence-electron chi connectivity index (χ1n) is 6.68. The van der Waals surface area contributed by atoms with Crippen LogP contribution in [0.15, 0.2) is 18.2 Å². The maximum atomic E-state index is 11.7. The fraction of sp³-hybridized carbons (Fsp3) is 0.533. The van der Waals surface area contributed by atoms with Gasteiger partial charge in [0, 0.05) is 18.8 Å². The second-order valence-corrected chi connectivity index (χ2v) is 5.07. The third kappa shape index (κ3) is 2.41. The average Bonchev–Trinajstić information content (AvgIpc) is 2.85. The number of ketones is 1. The van der Waals surface area contributed by atoms with E-state index in [0.29, 0.717) is 25.4 Å². The van der Waals surface area contributed by atoms with Crippen molar-refractivity contribution in [2.24, 2.45) is 5.92 Å². The summed E-state index contributed by atoms with van der Waals surface area (Å²) in [5, 5.41) is 0. The number of carbonyl (C=O) groups excluding carboxylic acids is 1. The number of ether oxygens (including phenoxy) is 2. The highest BCUT2D eigenvalue weighted by atomic mass is 16.5. The quantitative estimate of drug-likeness (QED) is 0.820. The van der Waals surface area contributed by atoms with Crippen LogP contribution < -0.4 is 4.74 Å². The summed E-state index contributed by atoms with van der Waals surface area (Å²) < 4.78 is 10.9. The van der Waals surface area contributed by atoms with E-state index in [9.17, 15) is 4.79 Å². The summed E-state index contributed by atoms with van der Waals surface area (Å²) in [5.74, 6) is 1.49. The number of hydrogen-bond acceptors (Lipinski definition) is 3. The standard InChI is InChI=1S/C15H18O3/c16-14-6-7-17-10-13(14)3-1-11-2-4-15-12(9-11)5-8-18-15/h2,4,9,13H,1,3,5-8,10H2. The van der Waals surface area contributed by atoms with Crippen LogP contribution in [-0.2, 0) is 22.4 Å². The van der Waals surface area contributed by atoms with Crippen LogP contribution in [0.4, 0.5) is 0 Å². The number of hydrogen-bond donors (Lipinski definition) is 0. The van der Waals surface area contributed by atoms with Gasteiger partial charge < -0.3 is 9.47 Å². The lowest BCUT2D eigenvalue weighted by molar-refractivity contribution is -0.130. The molecule has 0 bridgehead atoms. The van der Waals surface area contributed by atoms with Gasteiger partial charge in [-0.3, -0.25) is 4.79 Å². The van der Waals surface area contributed by atoms with E-state index >= 15 is 0 Å². The molecule has 18 heavy (non-hydrogen) atoms. The molecule has 0 spiro atoms. The SMILES string of the molecule is O=C1CCOCC1CCc1ccc2c(c1)CCO2. The highest BCUT2D eigenvalue weighted by Crippen LogP contribution is 2.27. The Morgan fingerprint density at radius 2 is 2.17 bits per heavy atom. The Bertz CT molecular complexity index is 453. The molecule has 0 aliphatic carbocycles. The summed E-state index contributed by atoms with van der Waals surface area (Å²) in [5.41, 5.74) is 2.61. The zero-order valence-electron chi connectivity index (χ0n) is 10.5. The van der Waals surface area contributed by atoms with Crippen LogP contribution in [0.25, 0.3) is 0 Å². The van der Waals surface area contributed by atoms with Gasteiger partial charge in [-0.2, -0.15) is 0 Å². The second kappa shape index (κ2) is 5.11. The number of fused-ring (bicyclic) bond motifs is 1. The Balaban J connectivity index is 1.61. The molecule has 96 valence electrons. The molecule has 3 nitrogen and oxygen atoms in total. The van der Waals surface area contributed by atoms with Gasteiger partial charge in [0.2, 0.25) is 0 Å². The average molecular weight is 246 g/mol. The van der Waals surface area contributed by atoms with Crippen LogP contribution in [0.2, 0.25) is 0 Å². The second-order valence-electron chi connectivity index (χ2n) is 5.07. The molecule has 0 amide bonds. The molecule has 2 aliphatic rings. The normalized spacial score (nSPS) is 22.7. The largest absolute Gasteiger partial charge is 0.493 e. The summed E-state index contributed by atoms with van der Waals surface area (Å²) in [6, 6.07) is 6.38. The molecule has 1 aromatic rings. The van der Waals surface area contributed by atoms with Gasteiger partial charge in [0.25, 0.3) is 0 Å². The molecule has 1 atom stereocenters. The first kappa shape index (κ1) is 11.7. The maximum absolute atomic E-state index is 11.7. The number of carbonyl (C=O) groups is 1. The van der Waals surface area contributed by atoms with Crippen LogP contribution >= 0.6 is 0 Å². The smallest absolute Gasteiger partial charge is 0.140 e. The molecule has 1 unspecified atom stereocenters. The third-order valence-corrected chi connectivity index (χ3v) is 3.80. The van der Waals surface area contributed by atoms with Crippen molar-refractivity contribution in [3.8, 4) is 5.75 Å². The maximum Gasteiger partial charge on any atom is 0.140 e. The predicted octanol–water partition coefficient (Wildman–Crippen LogP) is 2.16. The van der Waals surface area contributed by atoms with Gasteiger partial charge in [0.05, 0.1) is 19.8 Å². The lowest BCUT2D eigenvalue weighted by Gasteiger charge is -2.20. The van der Waals surface area contributed by atoms with Gasteiger partial charge in [-0.25, -0.2) is 0 Å². The van der Waals surface area contributed by atoms with E-state index < -0.39 is 0 Å². The van der Waals surface area contributed by atoms with Crippen LogP contribution in [0.1, 0.15) is 24.0 Å². The predicted molar refractivity (Wildman–Crippen MR) is 67.9 cm³/mol. The summed E-state index contributed by atoms with van der Waals surface area (Å²) in [6.45, 7) is 2.01. The monoisotopic (exact) mass is 246 g/mol. The first-order valence-corrected chi connectivity index (χ1v) is 6.68. The molecule has 1 aromatic carbocycles. The third-order valence-electron chi connectivity index (χ3n) is 3.80. The van der Waals surface area contributed by atoms with E-state index in [2.05, 4.69) is 18.2 Å². The fourth-order valence-corrected chi connectivity index (χ4v) is 2.68. The lowest BCUT2D eigenvalue weighted by Crippen LogP contribution is -2.27. The molecule has 1 fully saturated rings. The molecule has 2 heterocycles. The zero-order chi connectivity index (χ0) is 12.4. The van der Waals surface area contributed by atoms with Crippen LogP contribution in [0, 0.1) is 5.92 Å². The van der Waals surface area contributed by atoms with E-state index in [1.165, 1.54) is 11.1 Å². The van der Waals surface area contributed by atoms with E-state index in [4.69, 9.17) is 9.47 Å². The minimum atomic E-state index is 0.100. The van der Waals surface area contributed by atoms with Crippen molar-refractivity contribution in [2.45, 2.75) is 25.7 Å². The van der Waals surface area contributed by atoms with Crippen molar-refractivity contribution in [1.82, 2.24) is 0 Å². The molecular weight excluding hydrogens is 228 g/mol. The van der Waals surface area contributed by atoms with Crippen molar-refractivity contribution in [2.75, 3.05) is 19.8 Å². The van der Waals surface area contributed by atoms with Crippen LogP contribution in [0.3, 0.4) is 0 Å². The van der Waals surface area contributed by atoms with E-state index in [-0.39, 0.29) is 5.92 Å². The fourth-order valence-electron chi connectivity index (χ4n) is 2.68. The summed E-state index contributed by atoms with van der Waals surface area (Å²) in [4.78, 5) is 11.7. The lowest BCUT2D eigenvalue weighted by atomic mass is 9.93. The molecule has 0 aromatic heterocycles. The molecule has 3 rings (SSSR count). The Kier molecular flexibility index (Phi) is 3.33. The molecule has 1 saturated heterocycles. The van der Waals surface area contributed by atoms with Gasteiger partial charge in [0.1, 0.15) is 11.5 Å². The Hall–Kier alpha value is -1.35. The molecule has 3 heteroatoms. The molecule has 2 aliphatic heterocycles. The zero-order valence-corrected chi connectivity index (χ0v) is 10.5. The highest BCUT2D eigenvalue weighted by molar-refractivity contribution is 5.81. The van der Waals surface area contributed by atoms with Crippen LogP contribution in [0.5, 0.6) is 5.75 Å². The number of aryl methyl sites for hydroxylation is 1. The van der Waals surface area contributed by atoms with Gasteiger partial charge >= 0.3 is 0 Å². The van der Waals surface area contributed by atoms with Crippen molar-refractivity contribution in [3.05, 3.63) is 29.3 Å². The van der Waals surface area contributed by atoms with Gasteiger partial charge in [-0.15, -0.1) is 0 Å². The summed E-state index contributed by atoms with van der Waals surface area (Å²) >= 11 is 0. The first-order chi connectivity index (χ1) is 8.83. The summed E-state index contributed by atoms with van der Waals surface area (Å²) in [6.07, 6.45) is 3.45. The number of rotatable bonds is 3. The van der Waals surface area contributed by atoms with Crippen molar-refractivity contribution >= 4 is 5.78 Å². The van der Waals surface area contributed by atoms with Gasteiger partial charge in [-0.05, 0) is 30.0 Å². The highest BCUT2D eigenvalue weighted by Gasteiger charge is 2.22. The van der Waals surface area contributed by atoms with E-state index in [1.54, 1.807) is 0 Å². The Morgan fingerprint density at radius 1 is 1.22 bits per heavy atom. The van der Waals surface area contributed by atoms with E-state index in [0.717, 1.165) is 31.6 Å². The summed E-state index contributed by atoms with van der Waals surface area (Å²) in [7, 11) is 0. The number of Topliss-reactive ketones (excluding diaryl/α,β-unsaturated/α-hetero) is 1. The number of benzene rings is 1. The van der Waals surface area contributed by atoms with Gasteiger partial charge in [-0.1, -0.05) is 12.1 Å². The molecule has 0 radical (unpaired) electrons. The van der Waals surface area contributed by atoms with Gasteiger partial charge in [0.15, 0.2) is 0 Å². The van der Waals surface area contributed by atoms with Crippen molar-refractivity contribution in [3.63, 3.8) is 0 Å². The Morgan fingerprint density at radius 3 is 3.06 bits per heavy atom. The molecule has 0 N–H and O–H groups in total.